The van der Waals surface area contributed by atoms with Crippen LogP contribution in [0.2, 0.25) is 0 Å². The van der Waals surface area contributed by atoms with Crippen molar-refractivity contribution in [1.29, 1.82) is 0 Å². The van der Waals surface area contributed by atoms with Crippen LogP contribution >= 0.6 is 23.5 Å². The molecule has 2 aromatic heterocycles. The third-order valence-electron chi connectivity index (χ3n) is 6.34. The van der Waals surface area contributed by atoms with E-state index in [1.807, 2.05) is 12.4 Å². The zero-order valence-corrected chi connectivity index (χ0v) is 18.8. The zero-order valence-electron chi connectivity index (χ0n) is 17.2. The number of rotatable bonds is 8. The fourth-order valence-electron chi connectivity index (χ4n) is 3.93. The molecular formula is C22H24FN5OS2. The van der Waals surface area contributed by atoms with Crippen LogP contribution in [0.4, 0.5) is 16.0 Å². The molecule has 5 rings (SSSR count). The summed E-state index contributed by atoms with van der Waals surface area (Å²) in [7, 11) is 0. The van der Waals surface area contributed by atoms with E-state index in [0.717, 1.165) is 36.2 Å². The van der Waals surface area contributed by atoms with Crippen molar-refractivity contribution in [3.8, 4) is 5.88 Å². The van der Waals surface area contributed by atoms with Crippen LogP contribution in [0.3, 0.4) is 0 Å². The molecule has 0 spiro atoms. The summed E-state index contributed by atoms with van der Waals surface area (Å²) >= 11 is 2.49. The molecule has 3 N–H and O–H groups in total. The molecule has 31 heavy (non-hydrogen) atoms. The maximum Gasteiger partial charge on any atom is 0.228 e. The molecular weight excluding hydrogens is 433 g/mol. The van der Waals surface area contributed by atoms with Crippen molar-refractivity contribution in [2.24, 2.45) is 11.1 Å². The molecule has 0 radical (unpaired) electrons. The van der Waals surface area contributed by atoms with Crippen molar-refractivity contribution < 1.29 is 9.13 Å². The Hall–Kier alpha value is -2.23. The van der Waals surface area contributed by atoms with Gasteiger partial charge < -0.3 is 10.1 Å². The van der Waals surface area contributed by atoms with Crippen LogP contribution in [-0.4, -0.2) is 20.9 Å². The van der Waals surface area contributed by atoms with Crippen molar-refractivity contribution in [1.82, 2.24) is 14.3 Å². The highest BCUT2D eigenvalue weighted by Gasteiger charge is 2.42. The van der Waals surface area contributed by atoms with Gasteiger partial charge in [-0.25, -0.2) is 14.4 Å². The number of ether oxygens (including phenoxy) is 1. The number of nitrogens with two attached hydrogens (primary N) is 1. The van der Waals surface area contributed by atoms with E-state index in [9.17, 15) is 4.39 Å². The Bertz CT molecular complexity index is 1060. The summed E-state index contributed by atoms with van der Waals surface area (Å²) in [5.74, 6) is 1.79. The summed E-state index contributed by atoms with van der Waals surface area (Å²) < 4.78 is 24.6. The predicted octanol–water partition coefficient (Wildman–Crippen LogP) is 5.41. The fraction of sp³-hybridized carbons (Fsp3) is 0.409. The van der Waals surface area contributed by atoms with Gasteiger partial charge in [0.05, 0.1) is 12.3 Å². The first-order valence-electron chi connectivity index (χ1n) is 10.4. The Labute approximate surface area is 189 Å². The molecule has 2 aliphatic rings. The van der Waals surface area contributed by atoms with Crippen LogP contribution in [0.5, 0.6) is 5.88 Å². The standard InChI is InChI=1S/C22H24FN5OS2/c1-22(4-5-22)17-12-30-28-20(17)29-11-13-6-14(7-13)15-9-25-21(26-10-15)27-19-3-2-16(31-24)8-18(19)23/h2-3,8-10,12-14H,4-7,11,24H2,1H3,(H,25,26,27). The molecule has 3 aromatic rings. The molecule has 2 fully saturated rings. The van der Waals surface area contributed by atoms with Gasteiger partial charge in [0.15, 0.2) is 0 Å². The Morgan fingerprint density at radius 3 is 2.74 bits per heavy atom. The Morgan fingerprint density at radius 2 is 2.06 bits per heavy atom. The first-order chi connectivity index (χ1) is 15.0. The van der Waals surface area contributed by atoms with E-state index >= 15 is 0 Å². The minimum absolute atomic E-state index is 0.284. The van der Waals surface area contributed by atoms with Gasteiger partial charge in [0, 0.05) is 28.2 Å². The van der Waals surface area contributed by atoms with Crippen LogP contribution in [0.15, 0.2) is 40.9 Å². The third kappa shape index (κ3) is 4.40. The van der Waals surface area contributed by atoms with Crippen LogP contribution in [0, 0.1) is 11.7 Å². The molecule has 1 aromatic carbocycles. The molecule has 9 heteroatoms. The molecule has 0 aliphatic heterocycles. The number of halogens is 1. The monoisotopic (exact) mass is 457 g/mol. The SMILES string of the molecule is CC1(c2csnc2OCC2CC(c3cnc(Nc4ccc(SN)cc4F)nc3)C2)CC1. The molecule has 0 amide bonds. The second kappa shape index (κ2) is 8.37. The first kappa shape index (κ1) is 20.7. The van der Waals surface area contributed by atoms with Gasteiger partial charge in [0.1, 0.15) is 5.82 Å². The number of aromatic nitrogens is 3. The van der Waals surface area contributed by atoms with Crippen molar-refractivity contribution >= 4 is 35.1 Å². The maximum atomic E-state index is 14.1. The summed E-state index contributed by atoms with van der Waals surface area (Å²) in [6.07, 6.45) is 8.21. The third-order valence-corrected chi connectivity index (χ3v) is 7.48. The quantitative estimate of drug-likeness (QED) is 0.438. The van der Waals surface area contributed by atoms with E-state index in [-0.39, 0.29) is 11.2 Å². The lowest BCUT2D eigenvalue weighted by Crippen LogP contribution is -2.27. The van der Waals surface area contributed by atoms with Crippen LogP contribution in [-0.2, 0) is 5.41 Å². The molecule has 6 nitrogen and oxygen atoms in total. The largest absolute Gasteiger partial charge is 0.477 e. The van der Waals surface area contributed by atoms with Crippen molar-refractivity contribution in [3.63, 3.8) is 0 Å². The summed E-state index contributed by atoms with van der Waals surface area (Å²) in [4.78, 5) is 9.38. The van der Waals surface area contributed by atoms with Gasteiger partial charge in [0.25, 0.3) is 0 Å². The molecule has 2 aliphatic carbocycles. The highest BCUT2D eigenvalue weighted by atomic mass is 32.2. The van der Waals surface area contributed by atoms with Gasteiger partial charge in [-0.15, -0.1) is 0 Å². The highest BCUT2D eigenvalue weighted by Crippen LogP contribution is 2.51. The van der Waals surface area contributed by atoms with E-state index in [1.54, 1.807) is 12.1 Å². The average Bonchev–Trinajstić information content (AvgIpc) is 3.30. The molecule has 0 bridgehead atoms. The fourth-order valence-corrected chi connectivity index (χ4v) is 5.04. The van der Waals surface area contributed by atoms with Crippen LogP contribution < -0.4 is 15.2 Å². The van der Waals surface area contributed by atoms with E-state index in [2.05, 4.69) is 32.0 Å². The van der Waals surface area contributed by atoms with Gasteiger partial charge in [-0.1, -0.05) is 6.92 Å². The molecule has 0 unspecified atom stereocenters. The summed E-state index contributed by atoms with van der Waals surface area (Å²) in [6.45, 7) is 2.99. The van der Waals surface area contributed by atoms with Crippen LogP contribution in [0.25, 0.3) is 0 Å². The number of benzene rings is 1. The molecule has 2 saturated carbocycles. The first-order valence-corrected chi connectivity index (χ1v) is 12.1. The maximum absolute atomic E-state index is 14.1. The summed E-state index contributed by atoms with van der Waals surface area (Å²) in [5, 5.41) is 10.5. The smallest absolute Gasteiger partial charge is 0.228 e. The van der Waals surface area contributed by atoms with Gasteiger partial charge >= 0.3 is 0 Å². The average molecular weight is 458 g/mol. The number of anilines is 2. The lowest BCUT2D eigenvalue weighted by Gasteiger charge is -2.35. The summed E-state index contributed by atoms with van der Waals surface area (Å²) in [6, 6.07) is 4.77. The summed E-state index contributed by atoms with van der Waals surface area (Å²) in [5.41, 5.74) is 2.99. The van der Waals surface area contributed by atoms with Crippen molar-refractivity contribution in [3.05, 3.63) is 52.9 Å². The van der Waals surface area contributed by atoms with Gasteiger partial charge in [-0.3, -0.25) is 5.14 Å². The number of hydrogen-bond donors (Lipinski definition) is 2. The lowest BCUT2D eigenvalue weighted by molar-refractivity contribution is 0.153. The van der Waals surface area contributed by atoms with Gasteiger partial charge in [0.2, 0.25) is 11.8 Å². The minimum atomic E-state index is -0.385. The zero-order chi connectivity index (χ0) is 21.4. The molecule has 2 heterocycles. The van der Waals surface area contributed by atoms with E-state index < -0.39 is 0 Å². The second-order valence-electron chi connectivity index (χ2n) is 8.66. The normalized spacial score (nSPS) is 21.4. The number of nitrogens with zero attached hydrogens (tertiary/aromatic N) is 3. The van der Waals surface area contributed by atoms with E-state index in [4.69, 9.17) is 9.88 Å². The number of hydrogen-bond acceptors (Lipinski definition) is 8. The van der Waals surface area contributed by atoms with E-state index in [0.29, 0.717) is 35.0 Å². The minimum Gasteiger partial charge on any atom is -0.477 e. The molecule has 0 atom stereocenters. The molecule has 0 saturated heterocycles. The molecule has 162 valence electrons. The van der Waals surface area contributed by atoms with Crippen LogP contribution in [0.1, 0.15) is 49.7 Å². The van der Waals surface area contributed by atoms with Gasteiger partial charge in [-0.2, -0.15) is 4.37 Å². The topological polar surface area (TPSA) is 86.0 Å². The Balaban J connectivity index is 1.12. The van der Waals surface area contributed by atoms with Gasteiger partial charge in [-0.05, 0) is 90.2 Å². The number of nitrogens with one attached hydrogen (secondary N) is 1. The highest BCUT2D eigenvalue weighted by molar-refractivity contribution is 7.97. The van der Waals surface area contributed by atoms with Crippen molar-refractivity contribution in [2.45, 2.75) is 48.8 Å². The van der Waals surface area contributed by atoms with E-state index in [1.165, 1.54) is 36.0 Å². The Morgan fingerprint density at radius 1 is 1.29 bits per heavy atom. The Kier molecular flexibility index (Phi) is 5.58. The predicted molar refractivity (Wildman–Crippen MR) is 121 cm³/mol. The van der Waals surface area contributed by atoms with Crippen molar-refractivity contribution in [2.75, 3.05) is 11.9 Å². The lowest BCUT2D eigenvalue weighted by atomic mass is 9.72. The second-order valence-corrected chi connectivity index (χ2v) is 10.0.